The van der Waals surface area contributed by atoms with Crippen LogP contribution in [0.2, 0.25) is 0 Å². The van der Waals surface area contributed by atoms with E-state index in [2.05, 4.69) is 32.2 Å². The lowest BCUT2D eigenvalue weighted by molar-refractivity contribution is -0.0320. The van der Waals surface area contributed by atoms with E-state index in [9.17, 15) is 0 Å². The molecule has 0 atom stereocenters. The van der Waals surface area contributed by atoms with E-state index in [0.29, 0.717) is 6.10 Å². The molecule has 2 heterocycles. The summed E-state index contributed by atoms with van der Waals surface area (Å²) in [7, 11) is 3.58. The smallest absolute Gasteiger partial charge is 0.193 e. The van der Waals surface area contributed by atoms with Crippen molar-refractivity contribution in [1.82, 2.24) is 10.2 Å². The largest absolute Gasteiger partial charge is 0.495 e. The van der Waals surface area contributed by atoms with E-state index in [1.54, 1.807) is 7.11 Å². The van der Waals surface area contributed by atoms with Gasteiger partial charge in [-0.25, -0.2) is 0 Å². The quantitative estimate of drug-likeness (QED) is 0.259. The van der Waals surface area contributed by atoms with E-state index in [0.717, 1.165) is 89.2 Å². The maximum absolute atomic E-state index is 5.94. The van der Waals surface area contributed by atoms with Gasteiger partial charge in [0.25, 0.3) is 0 Å². The minimum atomic E-state index is 0. The van der Waals surface area contributed by atoms with Crippen molar-refractivity contribution in [2.75, 3.05) is 71.6 Å². The van der Waals surface area contributed by atoms with Gasteiger partial charge in [-0.15, -0.1) is 24.0 Å². The molecule has 0 aromatic heterocycles. The van der Waals surface area contributed by atoms with Crippen LogP contribution in [0, 0.1) is 0 Å². The highest BCUT2D eigenvalue weighted by molar-refractivity contribution is 14.0. The topological polar surface area (TPSA) is 58.6 Å². The highest BCUT2D eigenvalue weighted by atomic mass is 127. The SMILES string of the molecule is CN=C(NCCCOC1CCOCC1)N1CCN(c2ccccc2OC)CC1.I. The fourth-order valence-electron chi connectivity index (χ4n) is 3.75. The lowest BCUT2D eigenvalue weighted by atomic mass is 10.1. The number of rotatable bonds is 7. The Hall–Kier alpha value is -1.26. The zero-order valence-electron chi connectivity index (χ0n) is 17.6. The number of guanidine groups is 1. The zero-order chi connectivity index (χ0) is 19.6. The molecule has 0 unspecified atom stereocenters. The average Bonchev–Trinajstić information content (AvgIpc) is 2.77. The molecule has 0 spiro atoms. The van der Waals surface area contributed by atoms with Crippen LogP contribution in [0.15, 0.2) is 29.3 Å². The summed E-state index contributed by atoms with van der Waals surface area (Å²) in [6.07, 6.45) is 3.39. The first-order valence-corrected chi connectivity index (χ1v) is 10.3. The van der Waals surface area contributed by atoms with Gasteiger partial charge >= 0.3 is 0 Å². The van der Waals surface area contributed by atoms with Gasteiger partial charge in [0.1, 0.15) is 5.75 Å². The van der Waals surface area contributed by atoms with Gasteiger partial charge in [0.05, 0.1) is 18.9 Å². The number of hydrogen-bond acceptors (Lipinski definition) is 5. The third kappa shape index (κ3) is 7.18. The molecular weight excluding hydrogens is 483 g/mol. The second-order valence-electron chi connectivity index (χ2n) is 7.16. The number of ether oxygens (including phenoxy) is 3. The second-order valence-corrected chi connectivity index (χ2v) is 7.16. The summed E-state index contributed by atoms with van der Waals surface area (Å²) in [6.45, 7) is 7.11. The molecule has 1 aromatic carbocycles. The number of aliphatic imine (C=N–C) groups is 1. The molecule has 0 radical (unpaired) electrons. The Morgan fingerprint density at radius 3 is 2.59 bits per heavy atom. The second kappa shape index (κ2) is 13.1. The zero-order valence-corrected chi connectivity index (χ0v) is 20.0. The first kappa shape index (κ1) is 24.0. The molecule has 0 aliphatic carbocycles. The molecule has 0 bridgehead atoms. The van der Waals surface area contributed by atoms with Gasteiger partial charge in [-0.2, -0.15) is 0 Å². The lowest BCUT2D eigenvalue weighted by Crippen LogP contribution is -2.52. The standard InChI is InChI=1S/C21H34N4O3.HI/c1-22-21(23-10-5-15-28-18-8-16-27-17-9-18)25-13-11-24(12-14-25)19-6-3-4-7-20(19)26-2;/h3-4,6-7,18H,5,8-17H2,1-2H3,(H,22,23);1H. The van der Waals surface area contributed by atoms with E-state index in [1.807, 2.05) is 19.2 Å². The van der Waals surface area contributed by atoms with Crippen LogP contribution in [0.4, 0.5) is 5.69 Å². The maximum Gasteiger partial charge on any atom is 0.193 e. The molecule has 2 saturated heterocycles. The minimum Gasteiger partial charge on any atom is -0.495 e. The molecule has 29 heavy (non-hydrogen) atoms. The third-order valence-electron chi connectivity index (χ3n) is 5.34. The third-order valence-corrected chi connectivity index (χ3v) is 5.34. The van der Waals surface area contributed by atoms with E-state index in [1.165, 1.54) is 0 Å². The number of nitrogens with one attached hydrogen (secondary N) is 1. The molecule has 2 aliphatic rings. The van der Waals surface area contributed by atoms with Crippen LogP contribution in [0.25, 0.3) is 0 Å². The Kier molecular flexibility index (Phi) is 10.9. The highest BCUT2D eigenvalue weighted by Gasteiger charge is 2.21. The fraction of sp³-hybridized carbons (Fsp3) is 0.667. The molecule has 8 heteroatoms. The van der Waals surface area contributed by atoms with Gasteiger partial charge in [0.2, 0.25) is 0 Å². The van der Waals surface area contributed by atoms with Crippen molar-refractivity contribution in [2.24, 2.45) is 4.99 Å². The number of benzene rings is 1. The van der Waals surface area contributed by atoms with Gasteiger partial charge in [0.15, 0.2) is 5.96 Å². The molecule has 7 nitrogen and oxygen atoms in total. The number of anilines is 1. The van der Waals surface area contributed by atoms with Gasteiger partial charge in [0, 0.05) is 59.6 Å². The van der Waals surface area contributed by atoms with E-state index >= 15 is 0 Å². The van der Waals surface area contributed by atoms with Gasteiger partial charge < -0.3 is 29.3 Å². The number of hydrogen-bond donors (Lipinski definition) is 1. The predicted molar refractivity (Wildman–Crippen MR) is 128 cm³/mol. The molecule has 1 N–H and O–H groups in total. The van der Waals surface area contributed by atoms with Crippen LogP contribution < -0.4 is 15.0 Å². The maximum atomic E-state index is 5.94. The first-order chi connectivity index (χ1) is 13.8. The van der Waals surface area contributed by atoms with Crippen molar-refractivity contribution in [1.29, 1.82) is 0 Å². The summed E-state index contributed by atoms with van der Waals surface area (Å²) in [5, 5.41) is 3.48. The summed E-state index contributed by atoms with van der Waals surface area (Å²) in [5.74, 6) is 1.91. The van der Waals surface area contributed by atoms with Crippen molar-refractivity contribution >= 4 is 35.6 Å². The van der Waals surface area contributed by atoms with Crippen molar-refractivity contribution < 1.29 is 14.2 Å². The van der Waals surface area contributed by atoms with Crippen LogP contribution in [0.1, 0.15) is 19.3 Å². The van der Waals surface area contributed by atoms with E-state index in [4.69, 9.17) is 14.2 Å². The molecule has 2 aliphatic heterocycles. The van der Waals surface area contributed by atoms with Crippen LogP contribution in [-0.4, -0.2) is 83.7 Å². The first-order valence-electron chi connectivity index (χ1n) is 10.3. The number of piperazine rings is 1. The van der Waals surface area contributed by atoms with E-state index in [-0.39, 0.29) is 24.0 Å². The van der Waals surface area contributed by atoms with Gasteiger partial charge in [-0.05, 0) is 31.4 Å². The fourth-order valence-corrected chi connectivity index (χ4v) is 3.75. The molecule has 1 aromatic rings. The number of nitrogens with zero attached hydrogens (tertiary/aromatic N) is 3. The summed E-state index contributed by atoms with van der Waals surface area (Å²) in [6, 6.07) is 8.22. The van der Waals surface area contributed by atoms with E-state index < -0.39 is 0 Å². The summed E-state index contributed by atoms with van der Waals surface area (Å²) in [4.78, 5) is 9.17. The highest BCUT2D eigenvalue weighted by Crippen LogP contribution is 2.28. The van der Waals surface area contributed by atoms with Crippen molar-refractivity contribution in [3.05, 3.63) is 24.3 Å². The normalized spacial score (nSPS) is 18.3. The molecule has 164 valence electrons. The summed E-state index contributed by atoms with van der Waals surface area (Å²) in [5.41, 5.74) is 1.16. The Labute approximate surface area is 191 Å². The molecule has 3 rings (SSSR count). The number of halogens is 1. The monoisotopic (exact) mass is 518 g/mol. The van der Waals surface area contributed by atoms with Crippen molar-refractivity contribution in [2.45, 2.75) is 25.4 Å². The minimum absolute atomic E-state index is 0. The Morgan fingerprint density at radius 1 is 1.17 bits per heavy atom. The molecule has 2 fully saturated rings. The van der Waals surface area contributed by atoms with Gasteiger partial charge in [-0.1, -0.05) is 12.1 Å². The van der Waals surface area contributed by atoms with Crippen molar-refractivity contribution in [3.63, 3.8) is 0 Å². The molecule has 0 saturated carbocycles. The summed E-state index contributed by atoms with van der Waals surface area (Å²) < 4.78 is 16.8. The van der Waals surface area contributed by atoms with Crippen LogP contribution in [0.5, 0.6) is 5.75 Å². The van der Waals surface area contributed by atoms with Crippen molar-refractivity contribution in [3.8, 4) is 5.75 Å². The molecular formula is C21H35IN4O3. The number of para-hydroxylation sites is 2. The number of methoxy groups -OCH3 is 1. The summed E-state index contributed by atoms with van der Waals surface area (Å²) >= 11 is 0. The Bertz CT molecular complexity index is 618. The predicted octanol–water partition coefficient (Wildman–Crippen LogP) is 2.60. The van der Waals surface area contributed by atoms with Gasteiger partial charge in [-0.3, -0.25) is 4.99 Å². The van der Waals surface area contributed by atoms with Crippen LogP contribution in [0.3, 0.4) is 0 Å². The van der Waals surface area contributed by atoms with Crippen LogP contribution in [-0.2, 0) is 9.47 Å². The Balaban J connectivity index is 0.00000300. The lowest BCUT2D eigenvalue weighted by Gasteiger charge is -2.38. The van der Waals surface area contributed by atoms with Crippen LogP contribution >= 0.6 is 24.0 Å². The Morgan fingerprint density at radius 2 is 1.90 bits per heavy atom. The average molecular weight is 518 g/mol. The molecule has 0 amide bonds.